The number of ketones is 1. The molecule has 0 radical (unpaired) electrons. The normalized spacial score (nSPS) is 35.7. The van der Waals surface area contributed by atoms with Crippen LogP contribution < -0.4 is 5.73 Å². The minimum absolute atomic E-state index is 0.371. The number of carbonyl (C=O) groups is 1. The number of nitrogens with two attached hydrogens (primary N) is 1. The Bertz CT molecular complexity index is 239. The van der Waals surface area contributed by atoms with Crippen molar-refractivity contribution in [3.05, 3.63) is 0 Å². The molecule has 2 aliphatic rings. The van der Waals surface area contributed by atoms with E-state index in [0.717, 1.165) is 24.2 Å². The fourth-order valence-electron chi connectivity index (χ4n) is 3.47. The third-order valence-electron chi connectivity index (χ3n) is 4.35. The maximum Gasteiger partial charge on any atom is 0.133 e. The van der Waals surface area contributed by atoms with Gasteiger partial charge >= 0.3 is 0 Å². The first-order chi connectivity index (χ1) is 7.19. The Morgan fingerprint density at radius 2 is 2.20 bits per heavy atom. The second-order valence-corrected chi connectivity index (χ2v) is 5.72. The molecule has 2 heteroatoms. The van der Waals surface area contributed by atoms with Gasteiger partial charge < -0.3 is 5.73 Å². The highest BCUT2D eigenvalue weighted by atomic mass is 16.1. The van der Waals surface area contributed by atoms with Crippen LogP contribution in [0.25, 0.3) is 0 Å². The van der Waals surface area contributed by atoms with Crippen molar-refractivity contribution in [2.75, 3.05) is 6.54 Å². The molecule has 0 aliphatic heterocycles. The predicted octanol–water partition coefficient (Wildman–Crippen LogP) is 2.37. The Kier molecular flexibility index (Phi) is 3.45. The van der Waals surface area contributed by atoms with Crippen LogP contribution in [0.15, 0.2) is 0 Å². The Morgan fingerprint density at radius 3 is 2.73 bits per heavy atom. The highest BCUT2D eigenvalue weighted by Crippen LogP contribution is 2.49. The summed E-state index contributed by atoms with van der Waals surface area (Å²) in [6, 6.07) is 0. The number of carbonyl (C=O) groups excluding carboxylic acids is 1. The highest BCUT2D eigenvalue weighted by Gasteiger charge is 2.39. The van der Waals surface area contributed by atoms with E-state index >= 15 is 0 Å². The lowest BCUT2D eigenvalue weighted by atomic mass is 9.84. The summed E-state index contributed by atoms with van der Waals surface area (Å²) < 4.78 is 0. The fourth-order valence-corrected chi connectivity index (χ4v) is 3.47. The number of rotatable bonds is 5. The maximum atomic E-state index is 11.8. The van der Waals surface area contributed by atoms with E-state index in [1.54, 1.807) is 0 Å². The van der Waals surface area contributed by atoms with Crippen LogP contribution in [0.2, 0.25) is 0 Å². The molecule has 0 saturated heterocycles. The molecule has 0 aromatic carbocycles. The fraction of sp³-hybridized carbons (Fsp3) is 0.923. The summed E-state index contributed by atoms with van der Waals surface area (Å²) >= 11 is 0. The molecule has 2 bridgehead atoms. The Balaban J connectivity index is 1.75. The van der Waals surface area contributed by atoms with Crippen molar-refractivity contribution in [3.63, 3.8) is 0 Å². The Hall–Kier alpha value is -0.370. The third kappa shape index (κ3) is 2.60. The van der Waals surface area contributed by atoms with Crippen molar-refractivity contribution in [1.82, 2.24) is 0 Å². The number of Topliss-reactive ketones (excluding diaryl/α,β-unsaturated/α-hetero) is 1. The molecular formula is C13H23NO. The van der Waals surface area contributed by atoms with E-state index in [0.29, 0.717) is 24.7 Å². The highest BCUT2D eigenvalue weighted by molar-refractivity contribution is 5.78. The first-order valence-electron chi connectivity index (χ1n) is 6.40. The Morgan fingerprint density at radius 1 is 1.40 bits per heavy atom. The van der Waals surface area contributed by atoms with Crippen LogP contribution in [0.3, 0.4) is 0 Å². The van der Waals surface area contributed by atoms with Crippen molar-refractivity contribution >= 4 is 5.78 Å². The maximum absolute atomic E-state index is 11.8. The average molecular weight is 209 g/mol. The van der Waals surface area contributed by atoms with Crippen LogP contribution in [-0.2, 0) is 4.79 Å². The summed E-state index contributed by atoms with van der Waals surface area (Å²) in [7, 11) is 0. The lowest BCUT2D eigenvalue weighted by Gasteiger charge is -2.21. The molecule has 0 heterocycles. The van der Waals surface area contributed by atoms with E-state index in [1.165, 1.54) is 25.7 Å². The van der Waals surface area contributed by atoms with E-state index < -0.39 is 0 Å². The van der Waals surface area contributed by atoms with E-state index in [-0.39, 0.29) is 0 Å². The monoisotopic (exact) mass is 209 g/mol. The molecule has 2 fully saturated rings. The van der Waals surface area contributed by atoms with Gasteiger partial charge in [0.25, 0.3) is 0 Å². The number of hydrogen-bond donors (Lipinski definition) is 1. The first kappa shape index (κ1) is 11.1. The zero-order valence-corrected chi connectivity index (χ0v) is 9.74. The SMILES string of the molecule is CC(CN)CC(=O)CC1CC2CCC1C2. The quantitative estimate of drug-likeness (QED) is 0.755. The van der Waals surface area contributed by atoms with Gasteiger partial charge in [-0.3, -0.25) is 4.79 Å². The van der Waals surface area contributed by atoms with Crippen molar-refractivity contribution in [2.24, 2.45) is 29.4 Å². The second kappa shape index (κ2) is 4.65. The predicted molar refractivity (Wildman–Crippen MR) is 61.4 cm³/mol. The van der Waals surface area contributed by atoms with Crippen molar-refractivity contribution in [3.8, 4) is 0 Å². The molecule has 0 aromatic rings. The van der Waals surface area contributed by atoms with Crippen molar-refractivity contribution < 1.29 is 4.79 Å². The molecule has 2 rings (SSSR count). The third-order valence-corrected chi connectivity index (χ3v) is 4.35. The lowest BCUT2D eigenvalue weighted by molar-refractivity contribution is -0.121. The van der Waals surface area contributed by atoms with Crippen LogP contribution in [-0.4, -0.2) is 12.3 Å². The summed E-state index contributed by atoms with van der Waals surface area (Å²) in [4.78, 5) is 11.8. The van der Waals surface area contributed by atoms with Crippen LogP contribution in [0.4, 0.5) is 0 Å². The summed E-state index contributed by atoms with van der Waals surface area (Å²) in [6.45, 7) is 2.71. The molecule has 2 saturated carbocycles. The van der Waals surface area contributed by atoms with Gasteiger partial charge in [-0.25, -0.2) is 0 Å². The molecule has 0 spiro atoms. The Labute approximate surface area is 92.6 Å². The van der Waals surface area contributed by atoms with E-state index in [4.69, 9.17) is 5.73 Å². The largest absolute Gasteiger partial charge is 0.330 e. The van der Waals surface area contributed by atoms with Crippen molar-refractivity contribution in [2.45, 2.75) is 45.4 Å². The van der Waals surface area contributed by atoms with Crippen molar-refractivity contribution in [1.29, 1.82) is 0 Å². The molecule has 0 amide bonds. The van der Waals surface area contributed by atoms with Gasteiger partial charge in [-0.15, -0.1) is 0 Å². The molecule has 4 atom stereocenters. The summed E-state index contributed by atoms with van der Waals surface area (Å²) in [5, 5.41) is 0. The van der Waals surface area contributed by atoms with Gasteiger partial charge in [0.1, 0.15) is 5.78 Å². The summed E-state index contributed by atoms with van der Waals surface area (Å²) in [5.74, 6) is 3.38. The molecule has 0 aromatic heterocycles. The second-order valence-electron chi connectivity index (χ2n) is 5.72. The smallest absolute Gasteiger partial charge is 0.133 e. The molecule has 15 heavy (non-hydrogen) atoms. The van der Waals surface area contributed by atoms with Gasteiger partial charge in [-0.1, -0.05) is 13.3 Å². The minimum Gasteiger partial charge on any atom is -0.330 e. The van der Waals surface area contributed by atoms with Gasteiger partial charge in [0.2, 0.25) is 0 Å². The van der Waals surface area contributed by atoms with Crippen LogP contribution in [0, 0.1) is 23.7 Å². The van der Waals surface area contributed by atoms with Gasteiger partial charge in [0.15, 0.2) is 0 Å². The van der Waals surface area contributed by atoms with Gasteiger partial charge in [0.05, 0.1) is 0 Å². The average Bonchev–Trinajstić information content (AvgIpc) is 2.78. The van der Waals surface area contributed by atoms with Crippen LogP contribution in [0.1, 0.15) is 45.4 Å². The summed E-state index contributed by atoms with van der Waals surface area (Å²) in [5.41, 5.74) is 5.54. The van der Waals surface area contributed by atoms with Crippen LogP contribution >= 0.6 is 0 Å². The number of hydrogen-bond acceptors (Lipinski definition) is 2. The molecule has 2 nitrogen and oxygen atoms in total. The molecule has 2 aliphatic carbocycles. The zero-order chi connectivity index (χ0) is 10.8. The van der Waals surface area contributed by atoms with Crippen LogP contribution in [0.5, 0.6) is 0 Å². The lowest BCUT2D eigenvalue weighted by Crippen LogP contribution is -2.19. The topological polar surface area (TPSA) is 43.1 Å². The minimum atomic E-state index is 0.371. The van der Waals surface area contributed by atoms with E-state index in [1.807, 2.05) is 0 Å². The standard InChI is InChI=1S/C13H23NO/c1-9(8-14)4-13(15)7-12-6-10-2-3-11(12)5-10/h9-12H,2-8,14H2,1H3. The molecular weight excluding hydrogens is 186 g/mol. The van der Waals surface area contributed by atoms with Gasteiger partial charge in [-0.2, -0.15) is 0 Å². The zero-order valence-electron chi connectivity index (χ0n) is 9.74. The van der Waals surface area contributed by atoms with Gasteiger partial charge in [-0.05, 0) is 49.5 Å². The molecule has 86 valence electrons. The number of fused-ring (bicyclic) bond motifs is 2. The summed E-state index contributed by atoms with van der Waals surface area (Å²) in [6.07, 6.45) is 7.08. The van der Waals surface area contributed by atoms with E-state index in [9.17, 15) is 4.79 Å². The van der Waals surface area contributed by atoms with E-state index in [2.05, 4.69) is 6.92 Å². The molecule has 4 unspecified atom stereocenters. The van der Waals surface area contributed by atoms with Gasteiger partial charge in [0, 0.05) is 12.8 Å². The first-order valence-corrected chi connectivity index (χ1v) is 6.40. The molecule has 2 N–H and O–H groups in total.